The van der Waals surface area contributed by atoms with Gasteiger partial charge in [0, 0.05) is 6.61 Å². The fourth-order valence-corrected chi connectivity index (χ4v) is 0.530. The molecule has 0 fully saturated rings. The summed E-state index contributed by atoms with van der Waals surface area (Å²) in [5, 5.41) is 8.40. The average molecular weight is 144 g/mol. The van der Waals surface area contributed by atoms with Crippen molar-refractivity contribution in [1.82, 2.24) is 0 Å². The van der Waals surface area contributed by atoms with E-state index in [9.17, 15) is 0 Å². The van der Waals surface area contributed by atoms with Gasteiger partial charge in [0.25, 0.3) is 0 Å². The van der Waals surface area contributed by atoms with Crippen LogP contribution in [0.2, 0.25) is 0 Å². The van der Waals surface area contributed by atoms with Gasteiger partial charge < -0.3 is 9.84 Å². The predicted molar refractivity (Wildman–Crippen MR) is 41.7 cm³/mol. The van der Waals surface area contributed by atoms with Crippen LogP contribution in [0.3, 0.4) is 0 Å². The van der Waals surface area contributed by atoms with E-state index in [0.29, 0.717) is 0 Å². The number of unbranched alkanes of at least 4 members (excludes halogenated alkanes) is 1. The molecule has 0 radical (unpaired) electrons. The van der Waals surface area contributed by atoms with Crippen molar-refractivity contribution in [3.63, 3.8) is 0 Å². The van der Waals surface area contributed by atoms with Gasteiger partial charge in [0.1, 0.15) is 0 Å². The van der Waals surface area contributed by atoms with Crippen molar-refractivity contribution in [1.29, 1.82) is 0 Å². The van der Waals surface area contributed by atoms with Gasteiger partial charge >= 0.3 is 0 Å². The molecule has 1 N–H and O–H groups in total. The number of ether oxygens (including phenoxy) is 1. The molecule has 0 aromatic heterocycles. The minimum atomic E-state index is 0.265. The maximum Gasteiger partial charge on any atom is 0.0874 e. The van der Waals surface area contributed by atoms with Crippen LogP contribution in [0, 0.1) is 0 Å². The number of hydrogen-bond donors (Lipinski definition) is 1. The highest BCUT2D eigenvalue weighted by Gasteiger charge is 1.82. The van der Waals surface area contributed by atoms with Crippen LogP contribution in [0.15, 0.2) is 12.3 Å². The van der Waals surface area contributed by atoms with Crippen molar-refractivity contribution in [2.75, 3.05) is 13.2 Å². The monoisotopic (exact) mass is 144 g/mol. The molecular weight excluding hydrogens is 128 g/mol. The van der Waals surface area contributed by atoms with E-state index < -0.39 is 0 Å². The second kappa shape index (κ2) is 8.50. The van der Waals surface area contributed by atoms with Crippen molar-refractivity contribution in [3.05, 3.63) is 12.3 Å². The van der Waals surface area contributed by atoms with Gasteiger partial charge in [-0.1, -0.05) is 13.0 Å². The molecule has 0 atom stereocenters. The molecule has 0 aliphatic rings. The average Bonchev–Trinajstić information content (AvgIpc) is 1.97. The lowest BCUT2D eigenvalue weighted by molar-refractivity contribution is 0.218. The summed E-state index contributed by atoms with van der Waals surface area (Å²) < 4.78 is 5.08. The molecule has 0 aliphatic carbocycles. The summed E-state index contributed by atoms with van der Waals surface area (Å²) in [5.41, 5.74) is 0. The summed E-state index contributed by atoms with van der Waals surface area (Å²) in [6, 6.07) is 0. The van der Waals surface area contributed by atoms with E-state index >= 15 is 0 Å². The number of rotatable bonds is 6. The van der Waals surface area contributed by atoms with Crippen LogP contribution in [0.4, 0.5) is 0 Å². The molecule has 2 nitrogen and oxygen atoms in total. The Hall–Kier alpha value is -0.500. The van der Waals surface area contributed by atoms with Crippen LogP contribution in [0.5, 0.6) is 0 Å². The van der Waals surface area contributed by atoms with Crippen molar-refractivity contribution >= 4 is 0 Å². The van der Waals surface area contributed by atoms with Gasteiger partial charge in [0.2, 0.25) is 0 Å². The zero-order valence-electron chi connectivity index (χ0n) is 6.55. The Bertz CT molecular complexity index is 79.3. The molecule has 0 aromatic carbocycles. The molecule has 0 heterocycles. The van der Waals surface area contributed by atoms with Crippen LogP contribution in [0.25, 0.3) is 0 Å². The Morgan fingerprint density at radius 3 is 2.80 bits per heavy atom. The SMILES string of the molecule is CCC=COCCCCO. The van der Waals surface area contributed by atoms with Crippen LogP contribution >= 0.6 is 0 Å². The fraction of sp³-hybridized carbons (Fsp3) is 0.750. The van der Waals surface area contributed by atoms with Gasteiger partial charge in [0.05, 0.1) is 12.9 Å². The normalized spacial score (nSPS) is 10.6. The summed E-state index contributed by atoms with van der Waals surface area (Å²) in [6.45, 7) is 3.05. The van der Waals surface area contributed by atoms with Crippen molar-refractivity contribution < 1.29 is 9.84 Å². The first-order valence-corrected chi connectivity index (χ1v) is 3.79. The Labute approximate surface area is 62.5 Å². The fourth-order valence-electron chi connectivity index (χ4n) is 0.530. The maximum atomic E-state index is 8.40. The highest BCUT2D eigenvalue weighted by Crippen LogP contribution is 1.89. The van der Waals surface area contributed by atoms with Gasteiger partial charge in [-0.3, -0.25) is 0 Å². The summed E-state index contributed by atoms with van der Waals surface area (Å²) >= 11 is 0. The van der Waals surface area contributed by atoms with Gasteiger partial charge in [-0.25, -0.2) is 0 Å². The Morgan fingerprint density at radius 2 is 2.20 bits per heavy atom. The second-order valence-corrected chi connectivity index (χ2v) is 2.08. The highest BCUT2D eigenvalue weighted by atomic mass is 16.5. The van der Waals surface area contributed by atoms with E-state index in [-0.39, 0.29) is 6.61 Å². The summed E-state index contributed by atoms with van der Waals surface area (Å²) in [7, 11) is 0. The second-order valence-electron chi connectivity index (χ2n) is 2.08. The molecule has 0 rings (SSSR count). The quantitative estimate of drug-likeness (QED) is 0.454. The Kier molecular flexibility index (Phi) is 8.07. The molecule has 10 heavy (non-hydrogen) atoms. The molecule has 0 unspecified atom stereocenters. The first kappa shape index (κ1) is 9.50. The molecule has 0 bridgehead atoms. The van der Waals surface area contributed by atoms with Crippen LogP contribution in [-0.2, 0) is 4.74 Å². The number of hydrogen-bond acceptors (Lipinski definition) is 2. The number of aliphatic hydroxyl groups excluding tert-OH is 1. The molecule has 0 aliphatic heterocycles. The minimum absolute atomic E-state index is 0.265. The van der Waals surface area contributed by atoms with Crippen molar-refractivity contribution in [2.45, 2.75) is 26.2 Å². The highest BCUT2D eigenvalue weighted by molar-refractivity contribution is 4.70. The summed E-state index contributed by atoms with van der Waals surface area (Å²) in [5.74, 6) is 0. The zero-order chi connectivity index (χ0) is 7.66. The van der Waals surface area contributed by atoms with Crippen LogP contribution in [-0.4, -0.2) is 18.3 Å². The topological polar surface area (TPSA) is 29.5 Å². The Balaban J connectivity index is 2.83. The first-order chi connectivity index (χ1) is 4.91. The lowest BCUT2D eigenvalue weighted by Gasteiger charge is -1.97. The van der Waals surface area contributed by atoms with Crippen LogP contribution < -0.4 is 0 Å². The van der Waals surface area contributed by atoms with E-state index in [2.05, 4.69) is 6.92 Å². The largest absolute Gasteiger partial charge is 0.502 e. The zero-order valence-corrected chi connectivity index (χ0v) is 6.55. The van der Waals surface area contributed by atoms with E-state index in [4.69, 9.17) is 9.84 Å². The molecule has 60 valence electrons. The molecule has 0 aromatic rings. The van der Waals surface area contributed by atoms with E-state index in [0.717, 1.165) is 25.9 Å². The first-order valence-electron chi connectivity index (χ1n) is 3.79. The van der Waals surface area contributed by atoms with Crippen molar-refractivity contribution in [3.8, 4) is 0 Å². The third kappa shape index (κ3) is 7.50. The van der Waals surface area contributed by atoms with E-state index in [1.54, 1.807) is 6.26 Å². The molecule has 0 amide bonds. The summed E-state index contributed by atoms with van der Waals surface area (Å²) in [4.78, 5) is 0. The molecule has 0 spiro atoms. The van der Waals surface area contributed by atoms with Gasteiger partial charge in [-0.15, -0.1) is 0 Å². The van der Waals surface area contributed by atoms with Crippen LogP contribution in [0.1, 0.15) is 26.2 Å². The third-order valence-electron chi connectivity index (χ3n) is 1.10. The van der Waals surface area contributed by atoms with Gasteiger partial charge in [0.15, 0.2) is 0 Å². The van der Waals surface area contributed by atoms with Gasteiger partial charge in [-0.05, 0) is 19.3 Å². The minimum Gasteiger partial charge on any atom is -0.502 e. The summed E-state index contributed by atoms with van der Waals surface area (Å²) in [6.07, 6.45) is 6.47. The molecule has 0 saturated carbocycles. The number of allylic oxidation sites excluding steroid dienone is 1. The lowest BCUT2D eigenvalue weighted by Crippen LogP contribution is -1.89. The molecular formula is C8H16O2. The van der Waals surface area contributed by atoms with Crippen molar-refractivity contribution in [2.24, 2.45) is 0 Å². The lowest BCUT2D eigenvalue weighted by atomic mass is 10.3. The predicted octanol–water partition coefficient (Wildman–Crippen LogP) is 1.70. The van der Waals surface area contributed by atoms with E-state index in [1.165, 1.54) is 0 Å². The molecule has 2 heteroatoms. The maximum absolute atomic E-state index is 8.40. The third-order valence-corrected chi connectivity index (χ3v) is 1.10. The Morgan fingerprint density at radius 1 is 1.40 bits per heavy atom. The standard InChI is InChI=1S/C8H16O2/c1-2-3-7-10-8-5-4-6-9/h3,7,9H,2,4-6,8H2,1H3. The van der Waals surface area contributed by atoms with E-state index in [1.807, 2.05) is 6.08 Å². The van der Waals surface area contributed by atoms with Gasteiger partial charge in [-0.2, -0.15) is 0 Å². The number of aliphatic hydroxyl groups is 1. The molecule has 0 saturated heterocycles. The smallest absolute Gasteiger partial charge is 0.0874 e.